The lowest BCUT2D eigenvalue weighted by molar-refractivity contribution is 0.0796. The molecule has 0 saturated heterocycles. The van der Waals surface area contributed by atoms with Crippen LogP contribution < -0.4 is 0 Å². The lowest BCUT2D eigenvalue weighted by Crippen LogP contribution is -2.39. The molecule has 0 radical (unpaired) electrons. The standard InChI is InChI=1S/C28H51NO3/c1-7-8-9-22(6)16-25(30)10-11-26-27-18-23(17-24(27)19-28(26)31)12-14-32-15-13-29(20(2)3)21(4)5/h10-11,17,20-22,24-28,30-31H,7-9,12-16,18-19H2,1-6H3/b11-10+/t22-,24-,25+,26+,27-,28+/m0/s1. The van der Waals surface area contributed by atoms with Crippen LogP contribution in [0, 0.1) is 23.7 Å². The largest absolute Gasteiger partial charge is 0.392 e. The van der Waals surface area contributed by atoms with Gasteiger partial charge in [0.05, 0.1) is 25.4 Å². The molecule has 2 N–H and O–H groups in total. The van der Waals surface area contributed by atoms with Crippen molar-refractivity contribution < 1.29 is 14.9 Å². The predicted octanol–water partition coefficient (Wildman–Crippen LogP) is 5.59. The molecule has 186 valence electrons. The van der Waals surface area contributed by atoms with Crippen molar-refractivity contribution in [3.8, 4) is 0 Å². The Balaban J connectivity index is 1.73. The Bertz CT molecular complexity index is 577. The Labute approximate surface area is 198 Å². The van der Waals surface area contributed by atoms with Gasteiger partial charge in [0, 0.05) is 24.5 Å². The lowest BCUT2D eigenvalue weighted by atomic mass is 9.88. The van der Waals surface area contributed by atoms with Gasteiger partial charge < -0.3 is 14.9 Å². The molecule has 2 aliphatic carbocycles. The van der Waals surface area contributed by atoms with Gasteiger partial charge in [-0.15, -0.1) is 0 Å². The number of nitrogens with zero attached hydrogens (tertiary/aromatic N) is 1. The summed E-state index contributed by atoms with van der Waals surface area (Å²) in [6, 6.07) is 1.09. The van der Waals surface area contributed by atoms with E-state index in [0.717, 1.165) is 45.4 Å². The molecule has 2 rings (SSSR count). The molecule has 0 amide bonds. The van der Waals surface area contributed by atoms with Gasteiger partial charge in [-0.05, 0) is 71.1 Å². The van der Waals surface area contributed by atoms with E-state index >= 15 is 0 Å². The SMILES string of the molecule is CCCC[C@H](C)C[C@H](O)/C=C/[C@@H]1[C@H]2CC(CCOCCN(C(C)C)C(C)C)=C[C@H]2C[C@H]1O. The molecule has 0 unspecified atom stereocenters. The zero-order chi connectivity index (χ0) is 23.7. The summed E-state index contributed by atoms with van der Waals surface area (Å²) in [5.41, 5.74) is 1.49. The summed E-state index contributed by atoms with van der Waals surface area (Å²) in [5, 5.41) is 21.0. The molecule has 0 aromatic rings. The number of fused-ring (bicyclic) bond motifs is 1. The summed E-state index contributed by atoms with van der Waals surface area (Å²) >= 11 is 0. The Kier molecular flexibility index (Phi) is 12.0. The van der Waals surface area contributed by atoms with Crippen LogP contribution in [0.15, 0.2) is 23.8 Å². The summed E-state index contributed by atoms with van der Waals surface area (Å²) < 4.78 is 5.96. The first kappa shape index (κ1) is 27.6. The second-order valence-corrected chi connectivity index (χ2v) is 11.0. The van der Waals surface area contributed by atoms with Gasteiger partial charge in [-0.2, -0.15) is 0 Å². The molecule has 1 fully saturated rings. The summed E-state index contributed by atoms with van der Waals surface area (Å²) in [6.07, 6.45) is 13.2. The number of rotatable bonds is 15. The molecule has 2 aliphatic rings. The zero-order valence-corrected chi connectivity index (χ0v) is 21.7. The van der Waals surface area contributed by atoms with Crippen LogP contribution in [0.4, 0.5) is 0 Å². The fraction of sp³-hybridized carbons (Fsp3) is 0.857. The molecular weight excluding hydrogens is 398 g/mol. The van der Waals surface area contributed by atoms with Gasteiger partial charge in [0.25, 0.3) is 0 Å². The van der Waals surface area contributed by atoms with Gasteiger partial charge >= 0.3 is 0 Å². The van der Waals surface area contributed by atoms with Gasteiger partial charge in [-0.3, -0.25) is 4.90 Å². The Morgan fingerprint density at radius 1 is 1.16 bits per heavy atom. The second-order valence-electron chi connectivity index (χ2n) is 11.0. The normalized spacial score (nSPS) is 27.7. The van der Waals surface area contributed by atoms with Crippen molar-refractivity contribution in [2.24, 2.45) is 23.7 Å². The first-order valence-electron chi connectivity index (χ1n) is 13.3. The van der Waals surface area contributed by atoms with E-state index in [1.54, 1.807) is 0 Å². The van der Waals surface area contributed by atoms with E-state index in [1.807, 2.05) is 6.08 Å². The minimum Gasteiger partial charge on any atom is -0.392 e. The van der Waals surface area contributed by atoms with Gasteiger partial charge in [-0.25, -0.2) is 0 Å². The fourth-order valence-electron chi connectivity index (χ4n) is 5.80. The molecule has 32 heavy (non-hydrogen) atoms. The third-order valence-corrected chi connectivity index (χ3v) is 7.59. The van der Waals surface area contributed by atoms with Crippen molar-refractivity contribution in [2.45, 2.75) is 111 Å². The Hall–Kier alpha value is -0.680. The average molecular weight is 450 g/mol. The molecule has 0 spiro atoms. The minimum atomic E-state index is -0.397. The zero-order valence-electron chi connectivity index (χ0n) is 21.7. The van der Waals surface area contributed by atoms with Crippen molar-refractivity contribution >= 4 is 0 Å². The van der Waals surface area contributed by atoms with Crippen molar-refractivity contribution in [3.05, 3.63) is 23.8 Å². The molecule has 0 bridgehead atoms. The highest BCUT2D eigenvalue weighted by Gasteiger charge is 2.43. The maximum Gasteiger partial charge on any atom is 0.0723 e. The smallest absolute Gasteiger partial charge is 0.0723 e. The molecule has 4 heteroatoms. The van der Waals surface area contributed by atoms with E-state index in [2.05, 4.69) is 58.6 Å². The summed E-state index contributed by atoms with van der Waals surface area (Å²) in [4.78, 5) is 2.47. The van der Waals surface area contributed by atoms with Crippen LogP contribution in [-0.2, 0) is 4.74 Å². The molecule has 6 atom stereocenters. The minimum absolute atomic E-state index is 0.168. The molecular formula is C28H51NO3. The highest BCUT2D eigenvalue weighted by molar-refractivity contribution is 5.21. The average Bonchev–Trinajstić information content (AvgIpc) is 3.23. The number of aliphatic hydroxyl groups is 2. The van der Waals surface area contributed by atoms with Crippen molar-refractivity contribution in [2.75, 3.05) is 19.8 Å². The second kappa shape index (κ2) is 13.9. The number of aliphatic hydroxyl groups excluding tert-OH is 2. The van der Waals surface area contributed by atoms with Crippen molar-refractivity contribution in [3.63, 3.8) is 0 Å². The van der Waals surface area contributed by atoms with E-state index in [0.29, 0.717) is 29.8 Å². The van der Waals surface area contributed by atoms with Crippen LogP contribution >= 0.6 is 0 Å². The monoisotopic (exact) mass is 449 g/mol. The fourth-order valence-corrected chi connectivity index (χ4v) is 5.80. The van der Waals surface area contributed by atoms with E-state index in [9.17, 15) is 10.2 Å². The van der Waals surface area contributed by atoms with Crippen LogP contribution in [-0.4, -0.2) is 59.2 Å². The molecule has 0 aliphatic heterocycles. The van der Waals surface area contributed by atoms with Gasteiger partial charge in [0.2, 0.25) is 0 Å². The highest BCUT2D eigenvalue weighted by Crippen LogP contribution is 2.48. The topological polar surface area (TPSA) is 52.9 Å². The lowest BCUT2D eigenvalue weighted by Gasteiger charge is -2.30. The first-order valence-corrected chi connectivity index (χ1v) is 13.3. The van der Waals surface area contributed by atoms with Crippen molar-refractivity contribution in [1.29, 1.82) is 0 Å². The molecule has 1 saturated carbocycles. The third kappa shape index (κ3) is 8.59. The number of allylic oxidation sites excluding steroid dienone is 1. The highest BCUT2D eigenvalue weighted by atomic mass is 16.5. The molecule has 0 heterocycles. The predicted molar refractivity (Wildman–Crippen MR) is 135 cm³/mol. The summed E-state index contributed by atoms with van der Waals surface area (Å²) in [6.45, 7) is 16.0. The van der Waals surface area contributed by atoms with Crippen LogP contribution in [0.2, 0.25) is 0 Å². The Morgan fingerprint density at radius 2 is 1.88 bits per heavy atom. The Morgan fingerprint density at radius 3 is 2.53 bits per heavy atom. The summed E-state index contributed by atoms with van der Waals surface area (Å²) in [7, 11) is 0. The first-order chi connectivity index (χ1) is 15.2. The van der Waals surface area contributed by atoms with Crippen molar-refractivity contribution in [1.82, 2.24) is 4.90 Å². The maximum atomic E-state index is 10.6. The van der Waals surface area contributed by atoms with Crippen LogP contribution in [0.5, 0.6) is 0 Å². The van der Waals surface area contributed by atoms with Gasteiger partial charge in [-0.1, -0.05) is 56.9 Å². The third-order valence-electron chi connectivity index (χ3n) is 7.59. The van der Waals surface area contributed by atoms with Crippen LogP contribution in [0.3, 0.4) is 0 Å². The van der Waals surface area contributed by atoms with Gasteiger partial charge in [0.1, 0.15) is 0 Å². The van der Waals surface area contributed by atoms with E-state index in [-0.39, 0.29) is 12.0 Å². The quantitative estimate of drug-likeness (QED) is 0.253. The number of hydrogen-bond acceptors (Lipinski definition) is 4. The molecule has 4 nitrogen and oxygen atoms in total. The summed E-state index contributed by atoms with van der Waals surface area (Å²) in [5.74, 6) is 1.68. The van der Waals surface area contributed by atoms with E-state index in [4.69, 9.17) is 4.74 Å². The molecule has 0 aromatic carbocycles. The van der Waals surface area contributed by atoms with Crippen LogP contribution in [0.1, 0.15) is 86.5 Å². The van der Waals surface area contributed by atoms with Gasteiger partial charge in [0.15, 0.2) is 0 Å². The van der Waals surface area contributed by atoms with E-state index < -0.39 is 6.10 Å². The number of ether oxygens (including phenoxy) is 1. The number of unbranched alkanes of at least 4 members (excludes halogenated alkanes) is 1. The van der Waals surface area contributed by atoms with Crippen LogP contribution in [0.25, 0.3) is 0 Å². The number of hydrogen-bond donors (Lipinski definition) is 2. The van der Waals surface area contributed by atoms with E-state index in [1.165, 1.54) is 24.8 Å². The maximum absolute atomic E-state index is 10.6. The molecule has 0 aromatic heterocycles.